The van der Waals surface area contributed by atoms with Crippen molar-refractivity contribution >= 4 is 22.6 Å². The Balaban J connectivity index is 1.31. The molecule has 5 heteroatoms. The molecule has 3 aromatic carbocycles. The first kappa shape index (κ1) is 19.7. The zero-order valence-corrected chi connectivity index (χ0v) is 17.2. The molecule has 0 fully saturated rings. The summed E-state index contributed by atoms with van der Waals surface area (Å²) in [6.45, 7) is 3.82. The first-order chi connectivity index (χ1) is 14.6. The van der Waals surface area contributed by atoms with Crippen LogP contribution in [0, 0.1) is 6.92 Å². The largest absolute Gasteiger partial charge is 0.481 e. The third-order valence-corrected chi connectivity index (χ3v) is 4.98. The Bertz CT molecular complexity index is 1130. The van der Waals surface area contributed by atoms with Crippen LogP contribution in [0.25, 0.3) is 11.0 Å². The molecule has 0 aliphatic carbocycles. The molecular weight excluding hydrogens is 374 g/mol. The first-order valence-corrected chi connectivity index (χ1v) is 10.1. The molecule has 0 saturated heterocycles. The second-order valence-corrected chi connectivity index (χ2v) is 7.46. The molecular formula is C25H25N3O2. The Morgan fingerprint density at radius 3 is 2.57 bits per heavy atom. The number of H-pyrrole nitrogens is 1. The van der Waals surface area contributed by atoms with Crippen LogP contribution in [0.3, 0.4) is 0 Å². The number of imidazole rings is 1. The standard InChI is InChI=1S/C25H25N3O2/c1-17-8-14-22-23(16-17)28-24(27-22)15-11-19-9-12-20(13-10-19)26-25(29)18(2)30-21-6-4-3-5-7-21/h3-10,12-14,16,18H,11,15H2,1-2H3,(H,26,29)(H,27,28). The Labute approximate surface area is 176 Å². The van der Waals surface area contributed by atoms with E-state index in [1.165, 1.54) is 11.1 Å². The van der Waals surface area contributed by atoms with Gasteiger partial charge in [0.25, 0.3) is 5.91 Å². The topological polar surface area (TPSA) is 67.0 Å². The number of aryl methyl sites for hydroxylation is 3. The van der Waals surface area contributed by atoms with Crippen molar-refractivity contribution in [1.29, 1.82) is 0 Å². The fraction of sp³-hybridized carbons (Fsp3) is 0.200. The molecule has 5 nitrogen and oxygen atoms in total. The third-order valence-electron chi connectivity index (χ3n) is 4.98. The molecule has 1 unspecified atom stereocenters. The lowest BCUT2D eigenvalue weighted by Crippen LogP contribution is -2.30. The van der Waals surface area contributed by atoms with E-state index < -0.39 is 6.10 Å². The summed E-state index contributed by atoms with van der Waals surface area (Å²) < 4.78 is 5.67. The van der Waals surface area contributed by atoms with Gasteiger partial charge in [-0.2, -0.15) is 0 Å². The maximum atomic E-state index is 12.4. The Morgan fingerprint density at radius 1 is 1.03 bits per heavy atom. The van der Waals surface area contributed by atoms with Gasteiger partial charge in [-0.1, -0.05) is 36.4 Å². The van der Waals surface area contributed by atoms with E-state index in [2.05, 4.69) is 34.3 Å². The van der Waals surface area contributed by atoms with Crippen molar-refractivity contribution in [3.05, 3.63) is 89.7 Å². The molecule has 4 aromatic rings. The van der Waals surface area contributed by atoms with Crippen LogP contribution in [0.1, 0.15) is 23.9 Å². The minimum absolute atomic E-state index is 0.177. The molecule has 2 N–H and O–H groups in total. The molecule has 0 spiro atoms. The van der Waals surface area contributed by atoms with E-state index in [1.54, 1.807) is 6.92 Å². The lowest BCUT2D eigenvalue weighted by Gasteiger charge is -2.14. The fourth-order valence-electron chi connectivity index (χ4n) is 3.31. The monoisotopic (exact) mass is 399 g/mol. The van der Waals surface area contributed by atoms with Gasteiger partial charge in [-0.3, -0.25) is 4.79 Å². The minimum Gasteiger partial charge on any atom is -0.481 e. The van der Waals surface area contributed by atoms with Crippen LogP contribution in [-0.4, -0.2) is 22.0 Å². The number of carbonyl (C=O) groups is 1. The predicted octanol–water partition coefficient (Wildman–Crippen LogP) is 5.06. The van der Waals surface area contributed by atoms with Crippen LogP contribution >= 0.6 is 0 Å². The molecule has 0 aliphatic heterocycles. The van der Waals surface area contributed by atoms with Gasteiger partial charge in [0.15, 0.2) is 6.10 Å². The van der Waals surface area contributed by atoms with Crippen molar-refractivity contribution in [3.8, 4) is 5.75 Å². The Morgan fingerprint density at radius 2 is 1.80 bits per heavy atom. The SMILES string of the molecule is Cc1ccc2nc(CCc3ccc(NC(=O)C(C)Oc4ccccc4)cc3)[nH]c2c1. The van der Waals surface area contributed by atoms with Crippen molar-refractivity contribution in [2.45, 2.75) is 32.8 Å². The van der Waals surface area contributed by atoms with Gasteiger partial charge < -0.3 is 15.0 Å². The molecule has 1 aromatic heterocycles. The van der Waals surface area contributed by atoms with Gasteiger partial charge in [0.2, 0.25) is 0 Å². The van der Waals surface area contributed by atoms with Gasteiger partial charge in [0.05, 0.1) is 11.0 Å². The van der Waals surface area contributed by atoms with Crippen molar-refractivity contribution in [3.63, 3.8) is 0 Å². The van der Waals surface area contributed by atoms with Gasteiger partial charge in [0.1, 0.15) is 11.6 Å². The summed E-state index contributed by atoms with van der Waals surface area (Å²) in [7, 11) is 0. The van der Waals surface area contributed by atoms with Crippen LogP contribution in [0.4, 0.5) is 5.69 Å². The van der Waals surface area contributed by atoms with Crippen LogP contribution < -0.4 is 10.1 Å². The summed E-state index contributed by atoms with van der Waals surface area (Å²) in [5.41, 5.74) is 5.25. The number of benzene rings is 3. The molecule has 0 radical (unpaired) electrons. The van der Waals surface area contributed by atoms with E-state index in [0.29, 0.717) is 5.75 Å². The van der Waals surface area contributed by atoms with Crippen LogP contribution in [0.15, 0.2) is 72.8 Å². The van der Waals surface area contributed by atoms with E-state index >= 15 is 0 Å². The highest BCUT2D eigenvalue weighted by atomic mass is 16.5. The highest BCUT2D eigenvalue weighted by molar-refractivity contribution is 5.94. The van der Waals surface area contributed by atoms with Crippen molar-refractivity contribution in [1.82, 2.24) is 9.97 Å². The van der Waals surface area contributed by atoms with Crippen LogP contribution in [0.2, 0.25) is 0 Å². The van der Waals surface area contributed by atoms with E-state index in [-0.39, 0.29) is 5.91 Å². The molecule has 0 aliphatic rings. The van der Waals surface area contributed by atoms with Crippen molar-refractivity contribution < 1.29 is 9.53 Å². The quantitative estimate of drug-likeness (QED) is 0.456. The number of anilines is 1. The van der Waals surface area contributed by atoms with Gasteiger partial charge in [-0.25, -0.2) is 4.98 Å². The second-order valence-electron chi connectivity index (χ2n) is 7.46. The van der Waals surface area contributed by atoms with Crippen molar-refractivity contribution in [2.75, 3.05) is 5.32 Å². The maximum Gasteiger partial charge on any atom is 0.265 e. The number of para-hydroxylation sites is 1. The first-order valence-electron chi connectivity index (χ1n) is 10.1. The predicted molar refractivity (Wildman–Crippen MR) is 120 cm³/mol. The number of aromatic amines is 1. The number of rotatable bonds is 7. The van der Waals surface area contributed by atoms with E-state index in [4.69, 9.17) is 4.74 Å². The van der Waals surface area contributed by atoms with E-state index in [0.717, 1.165) is 35.4 Å². The van der Waals surface area contributed by atoms with Crippen LogP contribution in [0.5, 0.6) is 5.75 Å². The second kappa shape index (κ2) is 8.82. The number of amides is 1. The van der Waals surface area contributed by atoms with Crippen LogP contribution in [-0.2, 0) is 17.6 Å². The fourth-order valence-corrected chi connectivity index (χ4v) is 3.31. The van der Waals surface area contributed by atoms with Gasteiger partial charge in [0, 0.05) is 12.1 Å². The lowest BCUT2D eigenvalue weighted by molar-refractivity contribution is -0.122. The molecule has 4 rings (SSSR count). The zero-order chi connectivity index (χ0) is 20.9. The molecule has 1 atom stereocenters. The highest BCUT2D eigenvalue weighted by Gasteiger charge is 2.14. The van der Waals surface area contributed by atoms with Gasteiger partial charge in [-0.15, -0.1) is 0 Å². The average Bonchev–Trinajstić information content (AvgIpc) is 3.16. The van der Waals surface area contributed by atoms with Crippen molar-refractivity contribution in [2.24, 2.45) is 0 Å². The van der Waals surface area contributed by atoms with E-state index in [9.17, 15) is 4.79 Å². The number of nitrogens with zero attached hydrogens (tertiary/aromatic N) is 1. The lowest BCUT2D eigenvalue weighted by atomic mass is 10.1. The minimum atomic E-state index is -0.580. The van der Waals surface area contributed by atoms with Gasteiger partial charge >= 0.3 is 0 Å². The summed E-state index contributed by atoms with van der Waals surface area (Å²) in [5, 5.41) is 2.90. The number of fused-ring (bicyclic) bond motifs is 1. The Kier molecular flexibility index (Phi) is 5.80. The third kappa shape index (κ3) is 4.87. The van der Waals surface area contributed by atoms with E-state index in [1.807, 2.05) is 60.7 Å². The molecule has 1 amide bonds. The number of hydrogen-bond acceptors (Lipinski definition) is 3. The Hall–Kier alpha value is -3.60. The maximum absolute atomic E-state index is 12.4. The average molecular weight is 399 g/mol. The zero-order valence-electron chi connectivity index (χ0n) is 17.2. The number of ether oxygens (including phenoxy) is 1. The number of aromatic nitrogens is 2. The smallest absolute Gasteiger partial charge is 0.265 e. The summed E-state index contributed by atoms with van der Waals surface area (Å²) in [6, 6.07) is 23.5. The van der Waals surface area contributed by atoms with Gasteiger partial charge in [-0.05, 0) is 67.8 Å². The summed E-state index contributed by atoms with van der Waals surface area (Å²) in [6.07, 6.45) is 1.13. The molecule has 0 saturated carbocycles. The number of carbonyl (C=O) groups excluding carboxylic acids is 1. The molecule has 1 heterocycles. The normalized spacial score (nSPS) is 11.9. The summed E-state index contributed by atoms with van der Waals surface area (Å²) in [4.78, 5) is 20.4. The number of nitrogens with one attached hydrogen (secondary N) is 2. The molecule has 152 valence electrons. The summed E-state index contributed by atoms with van der Waals surface area (Å²) >= 11 is 0. The highest BCUT2D eigenvalue weighted by Crippen LogP contribution is 2.17. The number of hydrogen-bond donors (Lipinski definition) is 2. The molecule has 0 bridgehead atoms. The molecule has 30 heavy (non-hydrogen) atoms. The summed E-state index contributed by atoms with van der Waals surface area (Å²) in [5.74, 6) is 1.49.